The average Bonchev–Trinajstić information content (AvgIpc) is 2.66. The van der Waals surface area contributed by atoms with E-state index in [9.17, 15) is 26.3 Å². The molecule has 0 amide bonds. The number of hydrogen-bond donors (Lipinski definition) is 0. The fraction of sp³-hybridized carbons (Fsp3) is 0.750. The second-order valence-corrected chi connectivity index (χ2v) is 11.0. The third kappa shape index (κ3) is 86.4. The number of carboxylic acid groups (broad SMARTS) is 2. The van der Waals surface area contributed by atoms with E-state index >= 15 is 0 Å². The summed E-state index contributed by atoms with van der Waals surface area (Å²) >= 11 is 0. The van der Waals surface area contributed by atoms with Crippen LogP contribution in [0.4, 0.5) is 26.3 Å². The Morgan fingerprint density at radius 2 is 0.513 bits per heavy atom. The SMILES string of the molecule is CC(C)(C)C#N.CC(C)(C)C#N.CC(C)(C)C#N.CC(C)(C)C#N.O=C([O-])C(F)(F)F.O=C([O-])C(F)(F)F.[Ru+2]. The van der Waals surface area contributed by atoms with Gasteiger partial charge in [-0.3, -0.25) is 0 Å². The first-order valence-electron chi connectivity index (χ1n) is 10.3. The zero-order chi connectivity index (χ0) is 33.0. The Morgan fingerprint density at radius 3 is 0.513 bits per heavy atom. The second kappa shape index (κ2) is 22.0. The van der Waals surface area contributed by atoms with Crippen LogP contribution in [0.25, 0.3) is 0 Å². The third-order valence-electron chi connectivity index (χ3n) is 1.80. The van der Waals surface area contributed by atoms with Gasteiger partial charge < -0.3 is 19.8 Å². The van der Waals surface area contributed by atoms with Crippen LogP contribution >= 0.6 is 0 Å². The van der Waals surface area contributed by atoms with Gasteiger partial charge in [0.1, 0.15) is 11.9 Å². The van der Waals surface area contributed by atoms with Crippen molar-refractivity contribution in [1.29, 1.82) is 21.0 Å². The Kier molecular flexibility index (Phi) is 29.6. The van der Waals surface area contributed by atoms with Crippen molar-refractivity contribution in [2.24, 2.45) is 21.7 Å². The molecule has 0 heterocycles. The van der Waals surface area contributed by atoms with Crippen LogP contribution in [0.3, 0.4) is 0 Å². The smallest absolute Gasteiger partial charge is 0.542 e. The summed E-state index contributed by atoms with van der Waals surface area (Å²) in [6.45, 7) is 22.6. The first-order valence-corrected chi connectivity index (χ1v) is 10.3. The minimum atomic E-state index is -5.19. The molecule has 0 saturated carbocycles. The molecule has 0 aromatic heterocycles. The number of nitriles is 4. The zero-order valence-electron chi connectivity index (χ0n) is 24.0. The van der Waals surface area contributed by atoms with Crippen LogP contribution in [-0.4, -0.2) is 24.3 Å². The first-order chi connectivity index (χ1) is 16.1. The number of carbonyl (C=O) groups is 2. The zero-order valence-corrected chi connectivity index (χ0v) is 25.8. The molecule has 226 valence electrons. The molecule has 39 heavy (non-hydrogen) atoms. The second-order valence-electron chi connectivity index (χ2n) is 11.0. The predicted octanol–water partition coefficient (Wildman–Crippen LogP) is 4.82. The summed E-state index contributed by atoms with van der Waals surface area (Å²) in [6, 6.07) is 8.42. The molecule has 0 N–H and O–H groups in total. The molecule has 0 unspecified atom stereocenters. The molecule has 0 atom stereocenters. The maximum absolute atomic E-state index is 10.5. The van der Waals surface area contributed by atoms with Gasteiger partial charge in [0.05, 0.1) is 24.3 Å². The number of hydrogen-bond acceptors (Lipinski definition) is 8. The Labute approximate surface area is 240 Å². The van der Waals surface area contributed by atoms with E-state index in [0.717, 1.165) is 0 Å². The fourth-order valence-electron chi connectivity index (χ4n) is 0. The van der Waals surface area contributed by atoms with Crippen LogP contribution in [0, 0.1) is 67.0 Å². The molecular weight excluding hydrogens is 623 g/mol. The number of aliphatic carboxylic acids is 2. The van der Waals surface area contributed by atoms with Gasteiger partial charge in [0.25, 0.3) is 0 Å². The molecule has 0 aliphatic rings. The van der Waals surface area contributed by atoms with E-state index in [0.29, 0.717) is 0 Å². The first kappa shape index (κ1) is 52.5. The van der Waals surface area contributed by atoms with Gasteiger partial charge in [-0.1, -0.05) is 0 Å². The number of alkyl halides is 6. The van der Waals surface area contributed by atoms with Crippen molar-refractivity contribution < 1.29 is 65.6 Å². The molecule has 0 aliphatic carbocycles. The van der Waals surface area contributed by atoms with Crippen molar-refractivity contribution in [3.8, 4) is 24.3 Å². The van der Waals surface area contributed by atoms with Gasteiger partial charge >= 0.3 is 31.8 Å². The average molecular weight is 660 g/mol. The monoisotopic (exact) mass is 660 g/mol. The van der Waals surface area contributed by atoms with Gasteiger partial charge in [0.15, 0.2) is 0 Å². The van der Waals surface area contributed by atoms with E-state index in [1.807, 2.05) is 83.1 Å². The van der Waals surface area contributed by atoms with E-state index in [1.54, 1.807) is 0 Å². The van der Waals surface area contributed by atoms with Crippen LogP contribution in [0.1, 0.15) is 83.1 Å². The van der Waals surface area contributed by atoms with Gasteiger partial charge in [0, 0.05) is 21.7 Å². The van der Waals surface area contributed by atoms with E-state index in [-0.39, 0.29) is 41.1 Å². The Hall–Kier alpha value is -2.90. The molecular formula is C24H36F6N4O4Ru. The summed E-state index contributed by atoms with van der Waals surface area (Å²) in [5.74, 6) is -6.01. The predicted molar refractivity (Wildman–Crippen MR) is 122 cm³/mol. The largest absolute Gasteiger partial charge is 2.00 e. The molecule has 15 heteroatoms. The van der Waals surface area contributed by atoms with Crippen molar-refractivity contribution in [3.63, 3.8) is 0 Å². The number of carbonyl (C=O) groups excluding carboxylic acids is 2. The van der Waals surface area contributed by atoms with Crippen LogP contribution < -0.4 is 10.2 Å². The van der Waals surface area contributed by atoms with Crippen LogP contribution in [0.5, 0.6) is 0 Å². The maximum atomic E-state index is 10.5. The van der Waals surface area contributed by atoms with Crippen molar-refractivity contribution >= 4 is 11.9 Å². The molecule has 0 bridgehead atoms. The summed E-state index contributed by atoms with van der Waals surface area (Å²) in [7, 11) is 0. The number of carboxylic acids is 2. The van der Waals surface area contributed by atoms with Gasteiger partial charge in [-0.2, -0.15) is 47.4 Å². The van der Waals surface area contributed by atoms with Crippen molar-refractivity contribution in [1.82, 2.24) is 0 Å². The number of rotatable bonds is 0. The molecule has 0 spiro atoms. The van der Waals surface area contributed by atoms with Crippen molar-refractivity contribution in [3.05, 3.63) is 0 Å². The Bertz CT molecular complexity index is 730. The van der Waals surface area contributed by atoms with Gasteiger partial charge in [-0.15, -0.1) is 0 Å². The molecule has 0 aliphatic heterocycles. The van der Waals surface area contributed by atoms with Crippen molar-refractivity contribution in [2.75, 3.05) is 0 Å². The summed E-state index contributed by atoms with van der Waals surface area (Å²) in [5.41, 5.74) is -0.611. The van der Waals surface area contributed by atoms with Gasteiger partial charge in [0.2, 0.25) is 0 Å². The number of nitrogens with zero attached hydrogens (tertiary/aromatic N) is 4. The Balaban J connectivity index is -0.0000000628. The molecule has 0 saturated heterocycles. The van der Waals surface area contributed by atoms with E-state index in [1.165, 1.54) is 0 Å². The number of halogens is 6. The molecule has 0 fully saturated rings. The van der Waals surface area contributed by atoms with E-state index in [4.69, 9.17) is 40.8 Å². The van der Waals surface area contributed by atoms with Crippen molar-refractivity contribution in [2.45, 2.75) is 95.4 Å². The van der Waals surface area contributed by atoms with Gasteiger partial charge in [-0.05, 0) is 83.1 Å². The molecule has 0 aromatic carbocycles. The quantitative estimate of drug-likeness (QED) is 0.263. The molecule has 0 radical (unpaired) electrons. The fourth-order valence-corrected chi connectivity index (χ4v) is 0. The van der Waals surface area contributed by atoms with Crippen LogP contribution in [0.15, 0.2) is 0 Å². The van der Waals surface area contributed by atoms with E-state index in [2.05, 4.69) is 24.3 Å². The normalized spacial score (nSPS) is 10.4. The maximum Gasteiger partial charge on any atom is 2.00 e. The van der Waals surface area contributed by atoms with Gasteiger partial charge in [-0.25, -0.2) is 0 Å². The molecule has 0 rings (SSSR count). The summed E-state index contributed by atoms with van der Waals surface area (Å²) in [4.78, 5) is 17.6. The topological polar surface area (TPSA) is 175 Å². The third-order valence-corrected chi connectivity index (χ3v) is 1.80. The summed E-state index contributed by atoms with van der Waals surface area (Å²) in [5, 5.41) is 50.2. The molecule has 8 nitrogen and oxygen atoms in total. The Morgan fingerprint density at radius 1 is 0.462 bits per heavy atom. The van der Waals surface area contributed by atoms with Crippen LogP contribution in [-0.2, 0) is 29.1 Å². The van der Waals surface area contributed by atoms with E-state index < -0.39 is 24.3 Å². The standard InChI is InChI=1S/4C5H9N.2C2HF3O2.Ru/c4*1-5(2,3)4-6;2*3-2(4,5)1(6)7;/h4*1-3H3;2*(H,6,7);/q;;;;;;+2/p-2. The summed E-state index contributed by atoms with van der Waals surface area (Å²) < 4.78 is 63.1. The summed E-state index contributed by atoms with van der Waals surface area (Å²) in [6.07, 6.45) is -10.4. The van der Waals surface area contributed by atoms with Crippen LogP contribution in [0.2, 0.25) is 0 Å². The molecule has 0 aromatic rings. The minimum absolute atomic E-state index is 0. The minimum Gasteiger partial charge on any atom is -0.542 e.